The van der Waals surface area contributed by atoms with Gasteiger partial charge < -0.3 is 4.55 Å². The summed E-state index contributed by atoms with van der Waals surface area (Å²) in [5.41, 5.74) is 2.71. The summed E-state index contributed by atoms with van der Waals surface area (Å²) >= 11 is 0. The summed E-state index contributed by atoms with van der Waals surface area (Å²) in [5, 5.41) is 0. The van der Waals surface area contributed by atoms with Crippen LogP contribution < -0.4 is 29.6 Å². The number of aryl methyl sites for hydroxylation is 1. The van der Waals surface area contributed by atoms with Crippen LogP contribution in [0.15, 0.2) is 17.0 Å². The number of hydrogen-bond acceptors (Lipinski definition) is 3. The summed E-state index contributed by atoms with van der Waals surface area (Å²) in [7, 11) is -4.39. The fraction of sp³-hybridized carbons (Fsp3) is 0.700. The van der Waals surface area contributed by atoms with Gasteiger partial charge in [-0.25, -0.2) is 8.42 Å². The van der Waals surface area contributed by atoms with Gasteiger partial charge in [0.15, 0.2) is 0 Å². The summed E-state index contributed by atoms with van der Waals surface area (Å²) in [4.78, 5) is -0.0284. The monoisotopic (exact) mass is 376 g/mol. The molecule has 0 radical (unpaired) electrons. The van der Waals surface area contributed by atoms with Crippen molar-refractivity contribution in [2.24, 2.45) is 5.92 Å². The van der Waals surface area contributed by atoms with Crippen molar-refractivity contribution in [3.05, 3.63) is 28.8 Å². The maximum absolute atomic E-state index is 11.4. The second-order valence-electron chi connectivity index (χ2n) is 7.35. The van der Waals surface area contributed by atoms with Crippen LogP contribution in [-0.4, -0.2) is 13.0 Å². The molecule has 0 fully saturated rings. The van der Waals surface area contributed by atoms with E-state index in [9.17, 15) is 13.0 Å². The van der Waals surface area contributed by atoms with Crippen LogP contribution in [-0.2, 0) is 16.5 Å². The average molecular weight is 377 g/mol. The zero-order valence-electron chi connectivity index (χ0n) is 16.7. The molecule has 3 nitrogen and oxygen atoms in total. The van der Waals surface area contributed by atoms with Crippen molar-refractivity contribution >= 4 is 10.1 Å². The van der Waals surface area contributed by atoms with Gasteiger partial charge in [-0.05, 0) is 55.4 Å². The molecular weight excluding hydrogens is 343 g/mol. The zero-order chi connectivity index (χ0) is 18.2. The molecular formula is C20H33NaO3S. The first-order chi connectivity index (χ1) is 11.2. The Hall–Kier alpha value is 0.130. The van der Waals surface area contributed by atoms with E-state index in [1.165, 1.54) is 44.6 Å². The molecule has 5 heteroatoms. The quantitative estimate of drug-likeness (QED) is 0.339. The molecule has 0 unspecified atom stereocenters. The molecule has 0 aromatic heterocycles. The molecule has 0 saturated carbocycles. The predicted molar refractivity (Wildman–Crippen MR) is 99.4 cm³/mol. The molecule has 1 aromatic carbocycles. The van der Waals surface area contributed by atoms with Gasteiger partial charge in [-0.1, -0.05) is 64.9 Å². The van der Waals surface area contributed by atoms with Gasteiger partial charge in [0, 0.05) is 0 Å². The summed E-state index contributed by atoms with van der Waals surface area (Å²) in [6, 6.07) is 3.19. The van der Waals surface area contributed by atoms with Gasteiger partial charge in [0.1, 0.15) is 10.1 Å². The van der Waals surface area contributed by atoms with Crippen molar-refractivity contribution in [2.45, 2.75) is 90.4 Å². The van der Waals surface area contributed by atoms with Crippen molar-refractivity contribution < 1.29 is 42.5 Å². The van der Waals surface area contributed by atoms with E-state index < -0.39 is 10.1 Å². The number of hydrogen-bond donors (Lipinski definition) is 0. The Balaban J connectivity index is 0.00000576. The van der Waals surface area contributed by atoms with Gasteiger partial charge in [-0.3, -0.25) is 0 Å². The first kappa shape index (κ1) is 25.1. The zero-order valence-corrected chi connectivity index (χ0v) is 19.5. The first-order valence-corrected chi connectivity index (χ1v) is 10.7. The van der Waals surface area contributed by atoms with Crippen molar-refractivity contribution in [2.75, 3.05) is 0 Å². The Labute approximate surface area is 177 Å². The fourth-order valence-electron chi connectivity index (χ4n) is 3.13. The van der Waals surface area contributed by atoms with E-state index in [2.05, 4.69) is 13.8 Å². The van der Waals surface area contributed by atoms with E-state index in [0.717, 1.165) is 35.4 Å². The Kier molecular flexibility index (Phi) is 12.6. The molecule has 0 saturated heterocycles. The summed E-state index contributed by atoms with van der Waals surface area (Å²) in [6.45, 7) is 8.40. The van der Waals surface area contributed by atoms with Crippen LogP contribution in [0.5, 0.6) is 0 Å². The molecule has 0 spiro atoms. The van der Waals surface area contributed by atoms with Gasteiger partial charge in [-0.2, -0.15) is 0 Å². The van der Waals surface area contributed by atoms with E-state index in [-0.39, 0.29) is 34.5 Å². The molecule has 25 heavy (non-hydrogen) atoms. The third-order valence-electron chi connectivity index (χ3n) is 4.80. The molecule has 0 bridgehead atoms. The van der Waals surface area contributed by atoms with Crippen LogP contribution in [0.25, 0.3) is 0 Å². The molecule has 0 N–H and O–H groups in total. The third kappa shape index (κ3) is 9.58. The standard InChI is InChI=1S/C20H34O3S.Na/c1-16(2)12-10-8-6-5-7-9-11-13-19-18(4)17(3)14-15-20(19)24(21,22)23;/h14-16H,5-13H2,1-4H3,(H,21,22,23);/q;+1/p-1. The Bertz CT molecular complexity index is 610. The minimum absolute atomic E-state index is 0. The van der Waals surface area contributed by atoms with Crippen LogP contribution in [0.3, 0.4) is 0 Å². The molecule has 1 rings (SSSR count). The van der Waals surface area contributed by atoms with Crippen molar-refractivity contribution in [1.29, 1.82) is 0 Å². The van der Waals surface area contributed by atoms with E-state index in [0.29, 0.717) is 6.42 Å². The molecule has 0 heterocycles. The van der Waals surface area contributed by atoms with E-state index >= 15 is 0 Å². The smallest absolute Gasteiger partial charge is 0.744 e. The van der Waals surface area contributed by atoms with Crippen molar-refractivity contribution in [1.82, 2.24) is 0 Å². The summed E-state index contributed by atoms with van der Waals surface area (Å²) in [5.74, 6) is 0.800. The van der Waals surface area contributed by atoms with Gasteiger partial charge in [-0.15, -0.1) is 0 Å². The minimum atomic E-state index is -4.39. The summed E-state index contributed by atoms with van der Waals surface area (Å²) in [6.07, 6.45) is 10.4. The van der Waals surface area contributed by atoms with Crippen molar-refractivity contribution in [3.8, 4) is 0 Å². The normalized spacial score (nSPS) is 11.6. The van der Waals surface area contributed by atoms with Crippen LogP contribution in [0, 0.1) is 19.8 Å². The second kappa shape index (κ2) is 12.5. The van der Waals surface area contributed by atoms with E-state index in [1.807, 2.05) is 13.8 Å². The first-order valence-electron chi connectivity index (χ1n) is 9.28. The molecule has 0 aliphatic heterocycles. The maximum atomic E-state index is 11.4. The number of unbranched alkanes of at least 4 members (excludes halogenated alkanes) is 6. The Morgan fingerprint density at radius 2 is 1.44 bits per heavy atom. The largest absolute Gasteiger partial charge is 1.00 e. The van der Waals surface area contributed by atoms with E-state index in [1.54, 1.807) is 6.07 Å². The molecule has 138 valence electrons. The molecule has 0 amide bonds. The van der Waals surface area contributed by atoms with E-state index in [4.69, 9.17) is 0 Å². The number of benzene rings is 1. The maximum Gasteiger partial charge on any atom is 1.00 e. The molecule has 0 aliphatic carbocycles. The fourth-order valence-corrected chi connectivity index (χ4v) is 3.92. The van der Waals surface area contributed by atoms with Crippen LogP contribution in [0.1, 0.15) is 81.9 Å². The van der Waals surface area contributed by atoms with Crippen LogP contribution in [0.4, 0.5) is 0 Å². The SMILES string of the molecule is Cc1ccc(S(=O)(=O)[O-])c(CCCCCCCCCC(C)C)c1C.[Na+]. The number of rotatable bonds is 11. The topological polar surface area (TPSA) is 57.2 Å². The average Bonchev–Trinajstić information content (AvgIpc) is 2.48. The van der Waals surface area contributed by atoms with Gasteiger partial charge in [0.2, 0.25) is 0 Å². The molecule has 0 atom stereocenters. The Morgan fingerprint density at radius 3 is 1.96 bits per heavy atom. The van der Waals surface area contributed by atoms with Crippen LogP contribution >= 0.6 is 0 Å². The Morgan fingerprint density at radius 1 is 0.920 bits per heavy atom. The molecule has 0 aliphatic rings. The van der Waals surface area contributed by atoms with Crippen LogP contribution in [0.2, 0.25) is 0 Å². The van der Waals surface area contributed by atoms with Gasteiger partial charge in [0.25, 0.3) is 0 Å². The predicted octanol–water partition coefficient (Wildman–Crippen LogP) is 2.53. The minimum Gasteiger partial charge on any atom is -0.744 e. The van der Waals surface area contributed by atoms with Gasteiger partial charge in [0.05, 0.1) is 4.90 Å². The third-order valence-corrected chi connectivity index (χ3v) is 5.73. The van der Waals surface area contributed by atoms with Crippen molar-refractivity contribution in [3.63, 3.8) is 0 Å². The van der Waals surface area contributed by atoms with Gasteiger partial charge >= 0.3 is 29.6 Å². The summed E-state index contributed by atoms with van der Waals surface area (Å²) < 4.78 is 34.3. The second-order valence-corrected chi connectivity index (χ2v) is 8.69. The molecule has 1 aromatic rings.